The van der Waals surface area contributed by atoms with E-state index in [-0.39, 0.29) is 17.1 Å². The second-order valence-corrected chi connectivity index (χ2v) is 10.2. The van der Waals surface area contributed by atoms with Crippen molar-refractivity contribution >= 4 is 11.7 Å². The van der Waals surface area contributed by atoms with Gasteiger partial charge in [0.1, 0.15) is 11.6 Å². The van der Waals surface area contributed by atoms with Crippen molar-refractivity contribution in [1.82, 2.24) is 15.2 Å². The molecule has 2 N–H and O–H groups in total. The van der Waals surface area contributed by atoms with Crippen molar-refractivity contribution in [3.63, 3.8) is 0 Å². The van der Waals surface area contributed by atoms with Crippen LogP contribution in [0.3, 0.4) is 0 Å². The zero-order valence-corrected chi connectivity index (χ0v) is 18.9. The Morgan fingerprint density at radius 3 is 3.00 bits per heavy atom. The lowest BCUT2D eigenvalue weighted by molar-refractivity contribution is -0.116. The standard InChI is InChI=1S/C27H29FN4O/c1-27-12-10-19-18-5-3-2-4-16(18)6-7-20(19)25(27)21(22-15-30-32-26(22)27)8-9-24(33)31-23-14-17(28)11-13-29-23/h2-5,11,13-15,19-21,25H,6-10,12H2,1H3,(H,30,32)(H,29,31,33)/t19?,20?,21-,25?,27+/m1/s1. The van der Waals surface area contributed by atoms with Crippen LogP contribution in [-0.4, -0.2) is 21.1 Å². The highest BCUT2D eigenvalue weighted by Gasteiger charge is 2.58. The molecule has 1 amide bonds. The smallest absolute Gasteiger partial charge is 0.225 e. The summed E-state index contributed by atoms with van der Waals surface area (Å²) in [6.45, 7) is 2.39. The maximum absolute atomic E-state index is 13.5. The molecule has 5 atom stereocenters. The lowest BCUT2D eigenvalue weighted by Crippen LogP contribution is -2.44. The number of benzene rings is 1. The normalized spacial score (nSPS) is 29.5. The zero-order chi connectivity index (χ0) is 22.6. The van der Waals surface area contributed by atoms with Crippen molar-refractivity contribution in [1.29, 1.82) is 0 Å². The van der Waals surface area contributed by atoms with Gasteiger partial charge in [0.25, 0.3) is 0 Å². The van der Waals surface area contributed by atoms with E-state index < -0.39 is 5.82 Å². The molecule has 2 heterocycles. The number of amides is 1. The second kappa shape index (κ2) is 7.79. The topological polar surface area (TPSA) is 70.7 Å². The summed E-state index contributed by atoms with van der Waals surface area (Å²) in [6, 6.07) is 11.5. The quantitative estimate of drug-likeness (QED) is 0.560. The number of aromatic nitrogens is 3. The molecule has 1 fully saturated rings. The molecule has 1 aromatic carbocycles. The van der Waals surface area contributed by atoms with E-state index >= 15 is 0 Å². The highest BCUT2D eigenvalue weighted by molar-refractivity contribution is 5.89. The van der Waals surface area contributed by atoms with Gasteiger partial charge in [0.15, 0.2) is 0 Å². The molecule has 0 saturated heterocycles. The summed E-state index contributed by atoms with van der Waals surface area (Å²) in [5.74, 6) is 1.72. The van der Waals surface area contributed by atoms with Crippen molar-refractivity contribution < 1.29 is 9.18 Å². The maximum Gasteiger partial charge on any atom is 0.225 e. The Balaban J connectivity index is 1.26. The lowest BCUT2D eigenvalue weighted by Gasteiger charge is -2.50. The van der Waals surface area contributed by atoms with E-state index in [1.54, 1.807) is 0 Å². The van der Waals surface area contributed by atoms with Crippen molar-refractivity contribution in [2.75, 3.05) is 5.32 Å². The van der Waals surface area contributed by atoms with Crippen LogP contribution in [0.25, 0.3) is 0 Å². The first kappa shape index (κ1) is 20.6. The summed E-state index contributed by atoms with van der Waals surface area (Å²) >= 11 is 0. The monoisotopic (exact) mass is 444 g/mol. The Morgan fingerprint density at radius 1 is 1.24 bits per heavy atom. The Labute approximate surface area is 193 Å². The molecule has 1 saturated carbocycles. The number of rotatable bonds is 4. The van der Waals surface area contributed by atoms with Crippen LogP contribution in [-0.2, 0) is 16.6 Å². The number of aromatic amines is 1. The summed E-state index contributed by atoms with van der Waals surface area (Å²) in [7, 11) is 0. The van der Waals surface area contributed by atoms with Crippen LogP contribution in [0, 0.1) is 17.7 Å². The van der Waals surface area contributed by atoms with Gasteiger partial charge in [0, 0.05) is 30.3 Å². The van der Waals surface area contributed by atoms with Gasteiger partial charge in [0.05, 0.1) is 5.69 Å². The number of hydrogen-bond acceptors (Lipinski definition) is 3. The molecule has 3 aromatic rings. The van der Waals surface area contributed by atoms with E-state index in [1.165, 1.54) is 53.6 Å². The number of carbonyl (C=O) groups excluding carboxylic acids is 1. The predicted molar refractivity (Wildman–Crippen MR) is 124 cm³/mol. The van der Waals surface area contributed by atoms with Crippen molar-refractivity contribution in [3.05, 3.63) is 77.0 Å². The average molecular weight is 445 g/mol. The van der Waals surface area contributed by atoms with Gasteiger partial charge in [-0.2, -0.15) is 5.10 Å². The zero-order valence-electron chi connectivity index (χ0n) is 18.9. The number of halogens is 1. The summed E-state index contributed by atoms with van der Waals surface area (Å²) in [5.41, 5.74) is 5.60. The summed E-state index contributed by atoms with van der Waals surface area (Å²) < 4.78 is 13.5. The second-order valence-electron chi connectivity index (χ2n) is 10.2. The molecule has 0 radical (unpaired) electrons. The van der Waals surface area contributed by atoms with Crippen molar-refractivity contribution in [2.45, 2.75) is 62.7 Å². The Hall–Kier alpha value is -3.02. The molecule has 6 rings (SSSR count). The van der Waals surface area contributed by atoms with E-state index in [9.17, 15) is 9.18 Å². The Morgan fingerprint density at radius 2 is 2.12 bits per heavy atom. The van der Waals surface area contributed by atoms with Gasteiger partial charge in [0.2, 0.25) is 5.91 Å². The third-order valence-electron chi connectivity index (χ3n) is 8.61. The van der Waals surface area contributed by atoms with Crippen LogP contribution >= 0.6 is 0 Å². The fraction of sp³-hybridized carbons (Fsp3) is 0.444. The Kier molecular flexibility index (Phi) is 4.86. The molecule has 170 valence electrons. The Bertz CT molecular complexity index is 1210. The minimum atomic E-state index is -0.402. The molecular formula is C27H29FN4O. The summed E-state index contributed by atoms with van der Waals surface area (Å²) in [6.07, 6.45) is 9.22. The van der Waals surface area contributed by atoms with Gasteiger partial charge in [-0.3, -0.25) is 9.89 Å². The number of anilines is 1. The van der Waals surface area contributed by atoms with Crippen molar-refractivity contribution in [2.24, 2.45) is 11.8 Å². The van der Waals surface area contributed by atoms with Crippen LogP contribution in [0.1, 0.15) is 73.2 Å². The summed E-state index contributed by atoms with van der Waals surface area (Å²) in [4.78, 5) is 16.8. The van der Waals surface area contributed by atoms with Gasteiger partial charge in [-0.05, 0) is 78.5 Å². The van der Waals surface area contributed by atoms with Gasteiger partial charge in [-0.25, -0.2) is 9.37 Å². The SMILES string of the molecule is C[C@]12CCC3c4ccccc4CCC3C1[C@H](CCC(=O)Nc1cc(F)ccn1)c1c[nH]nc12. The first-order valence-electron chi connectivity index (χ1n) is 12.1. The fourth-order valence-corrected chi connectivity index (χ4v) is 7.32. The van der Waals surface area contributed by atoms with Crippen LogP contribution in [0.15, 0.2) is 48.8 Å². The number of H-pyrrole nitrogens is 1. The largest absolute Gasteiger partial charge is 0.311 e. The first-order chi connectivity index (χ1) is 16.0. The van der Waals surface area contributed by atoms with Gasteiger partial charge < -0.3 is 5.32 Å². The molecule has 0 spiro atoms. The van der Waals surface area contributed by atoms with Crippen LogP contribution in [0.5, 0.6) is 0 Å². The molecule has 0 aliphatic heterocycles. The molecule has 6 heteroatoms. The van der Waals surface area contributed by atoms with E-state index in [0.29, 0.717) is 30.1 Å². The number of fused-ring (bicyclic) bond motifs is 7. The third kappa shape index (κ3) is 3.30. The average Bonchev–Trinajstić information content (AvgIpc) is 3.38. The minimum Gasteiger partial charge on any atom is -0.311 e. The minimum absolute atomic E-state index is 0.0496. The summed E-state index contributed by atoms with van der Waals surface area (Å²) in [5, 5.41) is 10.6. The lowest BCUT2D eigenvalue weighted by atomic mass is 9.53. The van der Waals surface area contributed by atoms with E-state index in [0.717, 1.165) is 19.3 Å². The van der Waals surface area contributed by atoms with E-state index in [4.69, 9.17) is 5.10 Å². The first-order valence-corrected chi connectivity index (χ1v) is 12.1. The number of nitrogens with zero attached hydrogens (tertiary/aromatic N) is 2. The molecule has 5 nitrogen and oxygen atoms in total. The molecular weight excluding hydrogens is 415 g/mol. The number of pyridine rings is 1. The predicted octanol–water partition coefficient (Wildman–Crippen LogP) is 5.47. The number of nitrogens with one attached hydrogen (secondary N) is 2. The molecule has 3 unspecified atom stereocenters. The van der Waals surface area contributed by atoms with Crippen molar-refractivity contribution in [3.8, 4) is 0 Å². The number of hydrogen-bond donors (Lipinski definition) is 2. The van der Waals surface area contributed by atoms with Gasteiger partial charge in [-0.1, -0.05) is 31.2 Å². The van der Waals surface area contributed by atoms with E-state index in [2.05, 4.69) is 52.8 Å². The van der Waals surface area contributed by atoms with Gasteiger partial charge in [-0.15, -0.1) is 0 Å². The highest BCUT2D eigenvalue weighted by atomic mass is 19.1. The van der Waals surface area contributed by atoms with Crippen LogP contribution in [0.4, 0.5) is 10.2 Å². The van der Waals surface area contributed by atoms with Crippen LogP contribution in [0.2, 0.25) is 0 Å². The number of aryl methyl sites for hydroxylation is 1. The fourth-order valence-electron chi connectivity index (χ4n) is 7.32. The molecule has 2 aromatic heterocycles. The molecule has 3 aliphatic carbocycles. The molecule has 0 bridgehead atoms. The van der Waals surface area contributed by atoms with E-state index in [1.807, 2.05) is 0 Å². The number of carbonyl (C=O) groups is 1. The molecule has 33 heavy (non-hydrogen) atoms. The van der Waals surface area contributed by atoms with Crippen LogP contribution < -0.4 is 5.32 Å². The third-order valence-corrected chi connectivity index (χ3v) is 8.61. The highest BCUT2D eigenvalue weighted by Crippen LogP contribution is 2.64. The van der Waals surface area contributed by atoms with Gasteiger partial charge >= 0.3 is 0 Å². The molecule has 3 aliphatic rings. The maximum atomic E-state index is 13.5.